The summed E-state index contributed by atoms with van der Waals surface area (Å²) < 4.78 is 14.9. The standard InChI is InChI=1S/C24H29FN6/c1-15(2)22-21-16(13-26-22)4-5-17-14-27-24(29-23(17)21)28-18-6-7-20(19(25)12-18)31-10-8-30(3)9-11-31/h6-7,12,14-15H,4-5,8-11,13H2,1-3H3,(H,27,28,29). The molecule has 6 nitrogen and oxygen atoms in total. The third-order valence-electron chi connectivity index (χ3n) is 6.44. The molecule has 0 spiro atoms. The van der Waals surface area contributed by atoms with Crippen LogP contribution in [0.15, 0.2) is 35.0 Å². The molecule has 0 amide bonds. The quantitative estimate of drug-likeness (QED) is 0.813. The second kappa shape index (κ2) is 8.04. The van der Waals surface area contributed by atoms with E-state index in [9.17, 15) is 4.39 Å². The lowest BCUT2D eigenvalue weighted by Gasteiger charge is -2.34. The molecule has 2 aliphatic heterocycles. The molecule has 3 aliphatic rings. The maximum atomic E-state index is 14.9. The summed E-state index contributed by atoms with van der Waals surface area (Å²) in [4.78, 5) is 18.5. The molecule has 1 aliphatic carbocycles. The highest BCUT2D eigenvalue weighted by atomic mass is 19.1. The summed E-state index contributed by atoms with van der Waals surface area (Å²) in [6.07, 6.45) is 3.88. The third-order valence-corrected chi connectivity index (χ3v) is 6.44. The van der Waals surface area contributed by atoms with Crippen molar-refractivity contribution in [1.82, 2.24) is 14.9 Å². The number of likely N-dealkylation sites (N-methyl/N-ethyl adjacent to an activating group) is 1. The van der Waals surface area contributed by atoms with Crippen LogP contribution in [0.3, 0.4) is 0 Å². The van der Waals surface area contributed by atoms with Gasteiger partial charge in [0.15, 0.2) is 0 Å². The van der Waals surface area contributed by atoms with Gasteiger partial charge in [-0.05, 0) is 55.1 Å². The van der Waals surface area contributed by atoms with Gasteiger partial charge in [0, 0.05) is 49.3 Å². The Morgan fingerprint density at radius 2 is 1.90 bits per heavy atom. The number of rotatable bonds is 4. The average Bonchev–Trinajstić information content (AvgIpc) is 3.20. The maximum absolute atomic E-state index is 14.9. The fourth-order valence-electron chi connectivity index (χ4n) is 4.65. The van der Waals surface area contributed by atoms with Gasteiger partial charge < -0.3 is 15.1 Å². The minimum Gasteiger partial charge on any atom is -0.367 e. The van der Waals surface area contributed by atoms with Crippen molar-refractivity contribution >= 4 is 28.6 Å². The minimum absolute atomic E-state index is 0.220. The van der Waals surface area contributed by atoms with Crippen molar-refractivity contribution in [3.8, 4) is 0 Å². The summed E-state index contributed by atoms with van der Waals surface area (Å²) >= 11 is 0. The number of benzene rings is 1. The van der Waals surface area contributed by atoms with E-state index >= 15 is 0 Å². The molecule has 1 aromatic heterocycles. The van der Waals surface area contributed by atoms with Crippen LogP contribution in [0.4, 0.5) is 21.7 Å². The Morgan fingerprint density at radius 1 is 1.10 bits per heavy atom. The fourth-order valence-corrected chi connectivity index (χ4v) is 4.65. The molecule has 162 valence electrons. The molecule has 2 aromatic rings. The normalized spacial score (nSPS) is 18.9. The van der Waals surface area contributed by atoms with Gasteiger partial charge in [0.1, 0.15) is 5.82 Å². The summed E-state index contributed by atoms with van der Waals surface area (Å²) in [5.41, 5.74) is 7.19. The molecule has 0 radical (unpaired) electrons. The van der Waals surface area contributed by atoms with E-state index in [1.165, 1.54) is 17.2 Å². The van der Waals surface area contributed by atoms with Gasteiger partial charge in [-0.1, -0.05) is 13.8 Å². The van der Waals surface area contributed by atoms with Gasteiger partial charge in [-0.2, -0.15) is 0 Å². The van der Waals surface area contributed by atoms with Crippen molar-refractivity contribution in [2.24, 2.45) is 10.9 Å². The first-order chi connectivity index (χ1) is 15.0. The van der Waals surface area contributed by atoms with Gasteiger partial charge in [-0.15, -0.1) is 0 Å². The Labute approximate surface area is 182 Å². The number of allylic oxidation sites excluding steroid dienone is 1. The Hall–Kier alpha value is -2.80. The maximum Gasteiger partial charge on any atom is 0.227 e. The second-order valence-electron chi connectivity index (χ2n) is 8.98. The van der Waals surface area contributed by atoms with Gasteiger partial charge in [0.25, 0.3) is 0 Å². The van der Waals surface area contributed by atoms with Gasteiger partial charge in [-0.3, -0.25) is 4.99 Å². The largest absolute Gasteiger partial charge is 0.367 e. The Bertz CT molecular complexity index is 1070. The highest BCUT2D eigenvalue weighted by Gasteiger charge is 2.29. The van der Waals surface area contributed by atoms with Crippen LogP contribution >= 0.6 is 0 Å². The van der Waals surface area contributed by atoms with Crippen molar-refractivity contribution in [3.63, 3.8) is 0 Å². The van der Waals surface area contributed by atoms with Crippen LogP contribution in [0.2, 0.25) is 0 Å². The molecule has 1 fully saturated rings. The van der Waals surface area contributed by atoms with Gasteiger partial charge >= 0.3 is 0 Å². The molecule has 1 saturated heterocycles. The molecule has 7 heteroatoms. The van der Waals surface area contributed by atoms with Crippen molar-refractivity contribution < 1.29 is 4.39 Å². The van der Waals surface area contributed by atoms with Crippen LogP contribution in [0.25, 0.3) is 5.57 Å². The Morgan fingerprint density at radius 3 is 2.65 bits per heavy atom. The number of anilines is 3. The van der Waals surface area contributed by atoms with Gasteiger partial charge in [-0.25, -0.2) is 14.4 Å². The number of aryl methyl sites for hydroxylation is 1. The van der Waals surface area contributed by atoms with Gasteiger partial charge in [0.2, 0.25) is 5.95 Å². The number of nitrogens with one attached hydrogen (secondary N) is 1. The number of nitrogens with zero attached hydrogens (tertiary/aromatic N) is 5. The van der Waals surface area contributed by atoms with E-state index in [4.69, 9.17) is 9.98 Å². The predicted molar refractivity (Wildman–Crippen MR) is 124 cm³/mol. The third kappa shape index (κ3) is 3.82. The van der Waals surface area contributed by atoms with Crippen LogP contribution in [0, 0.1) is 11.7 Å². The number of aromatic nitrogens is 2. The number of halogens is 1. The lowest BCUT2D eigenvalue weighted by molar-refractivity contribution is 0.311. The molecule has 0 saturated carbocycles. The Balaban J connectivity index is 1.38. The molecule has 0 bridgehead atoms. The van der Waals surface area contributed by atoms with Crippen LogP contribution in [-0.2, 0) is 6.42 Å². The summed E-state index contributed by atoms with van der Waals surface area (Å²) in [7, 11) is 2.10. The van der Waals surface area contributed by atoms with Gasteiger partial charge in [0.05, 0.1) is 17.9 Å². The monoisotopic (exact) mass is 420 g/mol. The topological polar surface area (TPSA) is 56.7 Å². The summed E-state index contributed by atoms with van der Waals surface area (Å²) in [5.74, 6) is 0.637. The lowest BCUT2D eigenvalue weighted by atomic mass is 9.86. The first-order valence-corrected chi connectivity index (χ1v) is 11.1. The molecule has 1 aromatic carbocycles. The minimum atomic E-state index is -0.220. The zero-order chi connectivity index (χ0) is 21.5. The summed E-state index contributed by atoms with van der Waals surface area (Å²) in [5, 5.41) is 3.20. The highest BCUT2D eigenvalue weighted by Crippen LogP contribution is 2.37. The number of hydrogen-bond acceptors (Lipinski definition) is 6. The van der Waals surface area contributed by atoms with Crippen molar-refractivity contribution in [3.05, 3.63) is 47.0 Å². The molecule has 5 rings (SSSR count). The SMILES string of the molecule is CC(C)C1=NCC2=C1c1nc(Nc3ccc(N4CCN(C)CC4)c(F)c3)ncc1CC2. The average molecular weight is 421 g/mol. The van der Waals surface area contributed by atoms with Crippen molar-refractivity contribution in [1.29, 1.82) is 0 Å². The van der Waals surface area contributed by atoms with E-state index in [1.54, 1.807) is 0 Å². The number of piperazine rings is 1. The van der Waals surface area contributed by atoms with Crippen LogP contribution in [-0.4, -0.2) is 60.4 Å². The van der Waals surface area contributed by atoms with Crippen LogP contribution in [0.1, 0.15) is 31.5 Å². The van der Waals surface area contributed by atoms with Crippen molar-refractivity contribution in [2.75, 3.05) is 50.0 Å². The van der Waals surface area contributed by atoms with Crippen LogP contribution < -0.4 is 10.2 Å². The Kier molecular flexibility index (Phi) is 5.22. The van der Waals surface area contributed by atoms with E-state index in [-0.39, 0.29) is 5.82 Å². The van der Waals surface area contributed by atoms with E-state index in [1.807, 2.05) is 18.3 Å². The molecule has 0 unspecified atom stereocenters. The molecule has 3 heterocycles. The van der Waals surface area contributed by atoms with E-state index in [0.717, 1.165) is 62.5 Å². The first kappa shape index (κ1) is 20.1. The number of fused-ring (bicyclic) bond motifs is 2. The number of aliphatic imine (C=N–C) groups is 1. The smallest absolute Gasteiger partial charge is 0.227 e. The predicted octanol–water partition coefficient (Wildman–Crippen LogP) is 3.92. The van der Waals surface area contributed by atoms with E-state index in [2.05, 4.69) is 41.0 Å². The summed E-state index contributed by atoms with van der Waals surface area (Å²) in [6, 6.07) is 5.29. The number of hydrogen-bond donors (Lipinski definition) is 1. The summed E-state index contributed by atoms with van der Waals surface area (Å²) in [6.45, 7) is 8.71. The second-order valence-corrected chi connectivity index (χ2v) is 8.98. The van der Waals surface area contributed by atoms with Crippen LogP contribution in [0.5, 0.6) is 0 Å². The molecule has 0 atom stereocenters. The van der Waals surface area contributed by atoms with E-state index in [0.29, 0.717) is 23.2 Å². The fraction of sp³-hybridized carbons (Fsp3) is 0.458. The highest BCUT2D eigenvalue weighted by molar-refractivity contribution is 6.27. The molecular formula is C24H29FN6. The van der Waals surface area contributed by atoms with Crippen molar-refractivity contribution in [2.45, 2.75) is 26.7 Å². The molecule has 1 N–H and O–H groups in total. The first-order valence-electron chi connectivity index (χ1n) is 11.1. The lowest BCUT2D eigenvalue weighted by Crippen LogP contribution is -2.44. The zero-order valence-corrected chi connectivity index (χ0v) is 18.5. The molecule has 31 heavy (non-hydrogen) atoms. The van der Waals surface area contributed by atoms with E-state index < -0.39 is 0 Å². The molecular weight excluding hydrogens is 391 g/mol. The zero-order valence-electron chi connectivity index (χ0n) is 18.5.